The van der Waals surface area contributed by atoms with Crippen molar-refractivity contribution in [2.75, 3.05) is 11.9 Å². The number of non-ortho nitro benzene ring substituents is 1. The lowest BCUT2D eigenvalue weighted by Gasteiger charge is -2.17. The first-order valence-corrected chi connectivity index (χ1v) is 11.7. The average Bonchev–Trinajstić information content (AvgIpc) is 2.88. The predicted octanol–water partition coefficient (Wildman–Crippen LogP) is 6.50. The van der Waals surface area contributed by atoms with Gasteiger partial charge in [-0.3, -0.25) is 14.9 Å². The van der Waals surface area contributed by atoms with E-state index in [1.165, 1.54) is 18.2 Å². The van der Waals surface area contributed by atoms with Crippen LogP contribution in [0.3, 0.4) is 0 Å². The van der Waals surface area contributed by atoms with Crippen molar-refractivity contribution in [3.63, 3.8) is 0 Å². The largest absolute Gasteiger partial charge is 0.490 e. The summed E-state index contributed by atoms with van der Waals surface area (Å²) in [5, 5.41) is 23.7. The highest BCUT2D eigenvalue weighted by Crippen LogP contribution is 2.35. The fourth-order valence-electron chi connectivity index (χ4n) is 3.42. The summed E-state index contributed by atoms with van der Waals surface area (Å²) < 4.78 is 11.9. The van der Waals surface area contributed by atoms with Gasteiger partial charge in [0.15, 0.2) is 11.5 Å². The van der Waals surface area contributed by atoms with Crippen LogP contribution < -0.4 is 14.8 Å². The molecule has 0 spiro atoms. The third-order valence-corrected chi connectivity index (χ3v) is 5.38. The molecule has 9 heteroatoms. The number of nitriles is 1. The Morgan fingerprint density at radius 2 is 1.86 bits per heavy atom. The van der Waals surface area contributed by atoms with Crippen LogP contribution in [0.25, 0.3) is 6.08 Å². The van der Waals surface area contributed by atoms with Crippen molar-refractivity contribution in [1.29, 1.82) is 5.26 Å². The Morgan fingerprint density at radius 1 is 1.16 bits per heavy atom. The van der Waals surface area contributed by atoms with Crippen LogP contribution in [0.1, 0.15) is 23.6 Å². The number of carbonyl (C=O) groups excluding carboxylic acids is 1. The number of carbonyl (C=O) groups is 1. The highest BCUT2D eigenvalue weighted by molar-refractivity contribution is 6.30. The quantitative estimate of drug-likeness (QED) is 0.102. The van der Waals surface area contributed by atoms with Gasteiger partial charge in [0.25, 0.3) is 11.6 Å². The van der Waals surface area contributed by atoms with E-state index < -0.39 is 10.8 Å². The summed E-state index contributed by atoms with van der Waals surface area (Å²) in [7, 11) is 0. The van der Waals surface area contributed by atoms with E-state index in [-0.39, 0.29) is 17.9 Å². The zero-order valence-electron chi connectivity index (χ0n) is 20.1. The minimum atomic E-state index is -0.563. The summed E-state index contributed by atoms with van der Waals surface area (Å²) in [6, 6.07) is 18.1. The van der Waals surface area contributed by atoms with Gasteiger partial charge in [-0.2, -0.15) is 5.26 Å². The van der Waals surface area contributed by atoms with E-state index in [0.29, 0.717) is 40.8 Å². The smallest absolute Gasteiger partial charge is 0.269 e. The van der Waals surface area contributed by atoms with Crippen molar-refractivity contribution >= 4 is 35.0 Å². The van der Waals surface area contributed by atoms with E-state index in [2.05, 4.69) is 11.9 Å². The molecule has 0 saturated heterocycles. The van der Waals surface area contributed by atoms with E-state index >= 15 is 0 Å². The SMILES string of the molecule is C=CCc1cc(/C=C(\C#N)C(=O)Nc2ccc(Cl)cc2)cc(OCC)c1OCc1ccc([N+](=O)[O-])cc1. The van der Waals surface area contributed by atoms with Crippen LogP contribution >= 0.6 is 11.6 Å². The molecule has 0 aromatic heterocycles. The average molecular weight is 518 g/mol. The number of anilines is 1. The Balaban J connectivity index is 1.90. The molecule has 1 amide bonds. The highest BCUT2D eigenvalue weighted by atomic mass is 35.5. The summed E-state index contributed by atoms with van der Waals surface area (Å²) in [5.74, 6) is 0.360. The monoisotopic (exact) mass is 517 g/mol. The van der Waals surface area contributed by atoms with Crippen LogP contribution in [0.2, 0.25) is 5.02 Å². The summed E-state index contributed by atoms with van der Waals surface area (Å²) in [6.45, 7) is 6.15. The van der Waals surface area contributed by atoms with Crippen LogP contribution in [-0.2, 0) is 17.8 Å². The normalized spacial score (nSPS) is 10.8. The molecule has 188 valence electrons. The second-order valence-electron chi connectivity index (χ2n) is 7.78. The Kier molecular flexibility index (Phi) is 9.41. The van der Waals surface area contributed by atoms with E-state index in [9.17, 15) is 20.2 Å². The Hall–Kier alpha value is -4.61. The van der Waals surface area contributed by atoms with Crippen molar-refractivity contribution in [3.05, 3.63) is 111 Å². The Labute approximate surface area is 219 Å². The van der Waals surface area contributed by atoms with Gasteiger partial charge in [0.1, 0.15) is 18.2 Å². The molecule has 0 bridgehead atoms. The van der Waals surface area contributed by atoms with Gasteiger partial charge in [-0.05, 0) is 79.1 Å². The number of nitrogens with zero attached hydrogens (tertiary/aromatic N) is 2. The molecule has 0 unspecified atom stereocenters. The number of ether oxygens (including phenoxy) is 2. The number of hydrogen-bond donors (Lipinski definition) is 1. The second kappa shape index (κ2) is 12.9. The zero-order valence-corrected chi connectivity index (χ0v) is 20.8. The second-order valence-corrected chi connectivity index (χ2v) is 8.21. The number of nitro benzene ring substituents is 1. The molecule has 0 heterocycles. The molecule has 0 atom stereocenters. The van der Waals surface area contributed by atoms with Crippen LogP contribution in [0, 0.1) is 21.4 Å². The van der Waals surface area contributed by atoms with Gasteiger partial charge in [-0.25, -0.2) is 0 Å². The number of nitro groups is 1. The molecule has 3 aromatic carbocycles. The van der Waals surface area contributed by atoms with Gasteiger partial charge in [0.2, 0.25) is 0 Å². The van der Waals surface area contributed by atoms with E-state index in [0.717, 1.165) is 11.1 Å². The lowest BCUT2D eigenvalue weighted by atomic mass is 10.0. The number of amides is 1. The molecule has 3 rings (SSSR count). The highest BCUT2D eigenvalue weighted by Gasteiger charge is 2.16. The van der Waals surface area contributed by atoms with Gasteiger partial charge in [-0.15, -0.1) is 6.58 Å². The number of nitrogens with one attached hydrogen (secondary N) is 1. The van der Waals surface area contributed by atoms with Crippen LogP contribution in [0.15, 0.2) is 78.9 Å². The molecular formula is C28H24ClN3O5. The number of benzene rings is 3. The molecular weight excluding hydrogens is 494 g/mol. The van der Waals surface area contributed by atoms with Crippen molar-refractivity contribution in [3.8, 4) is 17.6 Å². The van der Waals surface area contributed by atoms with Crippen molar-refractivity contribution in [1.82, 2.24) is 0 Å². The molecule has 0 radical (unpaired) electrons. The van der Waals surface area contributed by atoms with Gasteiger partial charge >= 0.3 is 0 Å². The molecule has 0 aliphatic rings. The number of rotatable bonds is 11. The minimum Gasteiger partial charge on any atom is -0.490 e. The van der Waals surface area contributed by atoms with Crippen LogP contribution in [0.4, 0.5) is 11.4 Å². The Bertz CT molecular complexity index is 1360. The van der Waals surface area contributed by atoms with Crippen LogP contribution in [-0.4, -0.2) is 17.4 Å². The number of hydrogen-bond acceptors (Lipinski definition) is 6. The molecule has 0 aliphatic heterocycles. The van der Waals surface area contributed by atoms with Crippen molar-refractivity contribution in [2.45, 2.75) is 20.0 Å². The molecule has 8 nitrogen and oxygen atoms in total. The van der Waals surface area contributed by atoms with Gasteiger partial charge < -0.3 is 14.8 Å². The minimum absolute atomic E-state index is 0.00404. The molecule has 0 aliphatic carbocycles. The van der Waals surface area contributed by atoms with Gasteiger partial charge in [0, 0.05) is 28.4 Å². The summed E-state index contributed by atoms with van der Waals surface area (Å²) >= 11 is 5.88. The lowest BCUT2D eigenvalue weighted by molar-refractivity contribution is -0.384. The zero-order chi connectivity index (χ0) is 26.8. The lowest BCUT2D eigenvalue weighted by Crippen LogP contribution is -2.13. The first-order valence-electron chi connectivity index (χ1n) is 11.3. The van der Waals surface area contributed by atoms with Crippen LogP contribution in [0.5, 0.6) is 11.5 Å². The first-order chi connectivity index (χ1) is 17.8. The van der Waals surface area contributed by atoms with E-state index in [1.54, 1.807) is 54.6 Å². The molecule has 0 fully saturated rings. The maximum atomic E-state index is 12.7. The summed E-state index contributed by atoms with van der Waals surface area (Å²) in [6.07, 6.45) is 3.62. The summed E-state index contributed by atoms with van der Waals surface area (Å²) in [4.78, 5) is 23.1. The predicted molar refractivity (Wildman–Crippen MR) is 143 cm³/mol. The standard InChI is InChI=1S/C28H24ClN3O5/c1-3-5-21-14-20(15-22(17-30)28(33)31-24-10-8-23(29)9-11-24)16-26(36-4-2)27(21)37-18-19-6-12-25(13-7-19)32(34)35/h3,6-16H,1,4-5,18H2,2H3,(H,31,33)/b22-15+. The fourth-order valence-corrected chi connectivity index (χ4v) is 3.54. The topological polar surface area (TPSA) is 114 Å². The molecule has 3 aromatic rings. The number of allylic oxidation sites excluding steroid dienone is 1. The molecule has 1 N–H and O–H groups in total. The van der Waals surface area contributed by atoms with E-state index in [1.807, 2.05) is 13.0 Å². The number of halogens is 1. The Morgan fingerprint density at radius 3 is 2.46 bits per heavy atom. The van der Waals surface area contributed by atoms with Gasteiger partial charge in [-0.1, -0.05) is 17.7 Å². The maximum absolute atomic E-state index is 12.7. The fraction of sp³-hybridized carbons (Fsp3) is 0.143. The summed E-state index contributed by atoms with van der Waals surface area (Å²) in [5.41, 5.74) is 2.47. The molecule has 37 heavy (non-hydrogen) atoms. The first kappa shape index (κ1) is 27.0. The maximum Gasteiger partial charge on any atom is 0.269 e. The van der Waals surface area contributed by atoms with Crippen molar-refractivity contribution < 1.29 is 19.2 Å². The molecule has 0 saturated carbocycles. The van der Waals surface area contributed by atoms with Crippen molar-refractivity contribution in [2.24, 2.45) is 0 Å². The van der Waals surface area contributed by atoms with Gasteiger partial charge in [0.05, 0.1) is 11.5 Å². The van der Waals surface area contributed by atoms with E-state index in [4.69, 9.17) is 21.1 Å². The third kappa shape index (κ3) is 7.43. The third-order valence-electron chi connectivity index (χ3n) is 5.13.